The van der Waals surface area contributed by atoms with Crippen LogP contribution in [0.25, 0.3) is 0 Å². The van der Waals surface area contributed by atoms with Gasteiger partial charge in [-0.2, -0.15) is 0 Å². The van der Waals surface area contributed by atoms with E-state index in [1.165, 1.54) is 6.20 Å². The fourth-order valence-corrected chi connectivity index (χ4v) is 3.81. The molecule has 7 heteroatoms. The van der Waals surface area contributed by atoms with Crippen molar-refractivity contribution in [2.24, 2.45) is 0 Å². The van der Waals surface area contributed by atoms with Crippen LogP contribution in [0.2, 0.25) is 0 Å². The van der Waals surface area contributed by atoms with E-state index in [4.69, 9.17) is 4.74 Å². The summed E-state index contributed by atoms with van der Waals surface area (Å²) in [5.74, 6) is 0.699. The van der Waals surface area contributed by atoms with Gasteiger partial charge in [0.15, 0.2) is 0 Å². The molecule has 0 saturated carbocycles. The number of nitrogens with zero attached hydrogens (tertiary/aromatic N) is 1. The third-order valence-corrected chi connectivity index (χ3v) is 5.72. The predicted molar refractivity (Wildman–Crippen MR) is 98.4 cm³/mol. The molecule has 6 nitrogen and oxygen atoms in total. The van der Waals surface area contributed by atoms with Gasteiger partial charge in [-0.15, -0.1) is 0 Å². The Labute approximate surface area is 148 Å². The average Bonchev–Trinajstić information content (AvgIpc) is 3.10. The highest BCUT2D eigenvalue weighted by Crippen LogP contribution is 2.19. The van der Waals surface area contributed by atoms with Crippen molar-refractivity contribution < 1.29 is 13.2 Å². The monoisotopic (exact) mass is 361 g/mol. The number of rotatable bonds is 6. The van der Waals surface area contributed by atoms with Crippen LogP contribution in [-0.4, -0.2) is 32.7 Å². The number of nitrogens with one attached hydrogen (secondary N) is 2. The molecule has 0 bridgehead atoms. The molecule has 0 amide bonds. The Bertz CT molecular complexity index is 829. The van der Waals surface area contributed by atoms with E-state index in [-0.39, 0.29) is 11.0 Å². The summed E-state index contributed by atoms with van der Waals surface area (Å²) in [6.07, 6.45) is 3.89. The minimum atomic E-state index is -3.62. The molecule has 1 aromatic carbocycles. The first kappa shape index (κ1) is 17.7. The number of benzene rings is 1. The SMILES string of the molecule is Cc1ccc(S(=O)(=O)Nc2ccc(NCC3CCCO3)nc2)cc1C. The highest BCUT2D eigenvalue weighted by molar-refractivity contribution is 7.92. The number of ether oxygens (including phenoxy) is 1. The summed E-state index contributed by atoms with van der Waals surface area (Å²) in [5, 5.41) is 3.21. The highest BCUT2D eigenvalue weighted by atomic mass is 32.2. The molecule has 1 aromatic heterocycles. The lowest BCUT2D eigenvalue weighted by atomic mass is 10.1. The zero-order valence-electron chi connectivity index (χ0n) is 14.5. The van der Waals surface area contributed by atoms with Crippen molar-refractivity contribution in [3.05, 3.63) is 47.7 Å². The molecule has 0 spiro atoms. The summed E-state index contributed by atoms with van der Waals surface area (Å²) in [6, 6.07) is 8.54. The predicted octanol–water partition coefficient (Wildman–Crippen LogP) is 3.09. The summed E-state index contributed by atoms with van der Waals surface area (Å²) >= 11 is 0. The van der Waals surface area contributed by atoms with E-state index in [0.717, 1.165) is 30.6 Å². The fraction of sp³-hybridized carbons (Fsp3) is 0.389. The lowest BCUT2D eigenvalue weighted by molar-refractivity contribution is 0.120. The number of aryl methyl sites for hydroxylation is 2. The van der Waals surface area contributed by atoms with Crippen molar-refractivity contribution in [3.8, 4) is 0 Å². The van der Waals surface area contributed by atoms with Gasteiger partial charge in [-0.05, 0) is 62.1 Å². The number of hydrogen-bond acceptors (Lipinski definition) is 5. The van der Waals surface area contributed by atoms with Crippen LogP contribution in [0.15, 0.2) is 41.4 Å². The number of pyridine rings is 1. The highest BCUT2D eigenvalue weighted by Gasteiger charge is 2.16. The maximum atomic E-state index is 12.5. The third-order valence-electron chi connectivity index (χ3n) is 4.34. The summed E-state index contributed by atoms with van der Waals surface area (Å²) < 4.78 is 33.1. The molecule has 1 saturated heterocycles. The van der Waals surface area contributed by atoms with Crippen LogP contribution >= 0.6 is 0 Å². The van der Waals surface area contributed by atoms with Gasteiger partial charge in [0.1, 0.15) is 5.82 Å². The Morgan fingerprint density at radius 2 is 2.04 bits per heavy atom. The average molecular weight is 361 g/mol. The molecular weight excluding hydrogens is 338 g/mol. The second-order valence-corrected chi connectivity index (χ2v) is 7.98. The van der Waals surface area contributed by atoms with Crippen molar-refractivity contribution in [2.45, 2.75) is 37.7 Å². The minimum absolute atomic E-state index is 0.227. The van der Waals surface area contributed by atoms with Gasteiger partial charge in [0.25, 0.3) is 10.0 Å². The Morgan fingerprint density at radius 1 is 1.20 bits per heavy atom. The number of aromatic nitrogens is 1. The fourth-order valence-electron chi connectivity index (χ4n) is 2.68. The largest absolute Gasteiger partial charge is 0.376 e. The first-order chi connectivity index (χ1) is 11.9. The molecule has 0 aliphatic carbocycles. The van der Waals surface area contributed by atoms with E-state index < -0.39 is 10.0 Å². The molecule has 2 heterocycles. The van der Waals surface area contributed by atoms with E-state index in [0.29, 0.717) is 18.1 Å². The van der Waals surface area contributed by atoms with Crippen LogP contribution in [0.5, 0.6) is 0 Å². The molecule has 3 rings (SSSR count). The normalized spacial score (nSPS) is 17.4. The molecule has 134 valence electrons. The van der Waals surface area contributed by atoms with Crippen molar-refractivity contribution >= 4 is 21.5 Å². The molecule has 25 heavy (non-hydrogen) atoms. The Kier molecular flexibility index (Phi) is 5.24. The third kappa shape index (κ3) is 4.49. The van der Waals surface area contributed by atoms with Gasteiger partial charge in [0, 0.05) is 13.2 Å². The van der Waals surface area contributed by atoms with Crippen molar-refractivity contribution in [3.63, 3.8) is 0 Å². The van der Waals surface area contributed by atoms with E-state index in [1.54, 1.807) is 30.3 Å². The molecule has 1 aliphatic rings. The summed E-state index contributed by atoms with van der Waals surface area (Å²) in [7, 11) is -3.62. The number of hydrogen-bond donors (Lipinski definition) is 2. The minimum Gasteiger partial charge on any atom is -0.376 e. The molecule has 1 atom stereocenters. The zero-order valence-corrected chi connectivity index (χ0v) is 15.3. The standard InChI is InChI=1S/C18H23N3O3S/c1-13-5-7-17(10-14(13)2)25(22,23)21-15-6-8-18(19-11-15)20-12-16-4-3-9-24-16/h5-8,10-11,16,21H,3-4,9,12H2,1-2H3,(H,19,20). The first-order valence-electron chi connectivity index (χ1n) is 8.36. The van der Waals surface area contributed by atoms with Crippen molar-refractivity contribution in [2.75, 3.05) is 23.2 Å². The Balaban J connectivity index is 1.64. The van der Waals surface area contributed by atoms with Gasteiger partial charge in [-0.1, -0.05) is 6.07 Å². The van der Waals surface area contributed by atoms with Gasteiger partial charge < -0.3 is 10.1 Å². The Hall–Kier alpha value is -2.12. The summed E-state index contributed by atoms with van der Waals surface area (Å²) in [5.41, 5.74) is 2.43. The molecule has 1 aliphatic heterocycles. The molecule has 1 unspecified atom stereocenters. The summed E-state index contributed by atoms with van der Waals surface area (Å²) in [6.45, 7) is 5.37. The van der Waals surface area contributed by atoms with Gasteiger partial charge >= 0.3 is 0 Å². The quantitative estimate of drug-likeness (QED) is 0.826. The van der Waals surface area contributed by atoms with Crippen molar-refractivity contribution in [1.82, 2.24) is 4.98 Å². The lowest BCUT2D eigenvalue weighted by Gasteiger charge is -2.12. The zero-order chi connectivity index (χ0) is 17.9. The maximum Gasteiger partial charge on any atom is 0.261 e. The second-order valence-electron chi connectivity index (χ2n) is 6.30. The van der Waals surface area contributed by atoms with E-state index in [9.17, 15) is 8.42 Å². The van der Waals surface area contributed by atoms with Gasteiger partial charge in [0.05, 0.1) is 22.9 Å². The smallest absolute Gasteiger partial charge is 0.261 e. The van der Waals surface area contributed by atoms with Crippen LogP contribution < -0.4 is 10.0 Å². The molecular formula is C18H23N3O3S. The number of anilines is 2. The van der Waals surface area contributed by atoms with Gasteiger partial charge in [-0.3, -0.25) is 4.72 Å². The van der Waals surface area contributed by atoms with E-state index >= 15 is 0 Å². The van der Waals surface area contributed by atoms with Crippen LogP contribution in [0.4, 0.5) is 11.5 Å². The Morgan fingerprint density at radius 3 is 2.68 bits per heavy atom. The number of sulfonamides is 1. The first-order valence-corrected chi connectivity index (χ1v) is 9.84. The second kappa shape index (κ2) is 7.41. The van der Waals surface area contributed by atoms with Crippen LogP contribution in [0, 0.1) is 13.8 Å². The molecule has 0 radical (unpaired) electrons. The topological polar surface area (TPSA) is 80.3 Å². The van der Waals surface area contributed by atoms with Crippen LogP contribution in [0.3, 0.4) is 0 Å². The lowest BCUT2D eigenvalue weighted by Crippen LogP contribution is -2.19. The van der Waals surface area contributed by atoms with E-state index in [2.05, 4.69) is 15.0 Å². The summed E-state index contributed by atoms with van der Waals surface area (Å²) in [4.78, 5) is 4.50. The molecule has 1 fully saturated rings. The van der Waals surface area contributed by atoms with Gasteiger partial charge in [0.2, 0.25) is 0 Å². The molecule has 2 N–H and O–H groups in total. The van der Waals surface area contributed by atoms with E-state index in [1.807, 2.05) is 13.8 Å². The maximum absolute atomic E-state index is 12.5. The van der Waals surface area contributed by atoms with Crippen LogP contribution in [0.1, 0.15) is 24.0 Å². The molecule has 2 aromatic rings. The van der Waals surface area contributed by atoms with Gasteiger partial charge in [-0.25, -0.2) is 13.4 Å². The van der Waals surface area contributed by atoms with Crippen molar-refractivity contribution in [1.29, 1.82) is 0 Å². The van der Waals surface area contributed by atoms with Crippen LogP contribution in [-0.2, 0) is 14.8 Å².